The van der Waals surface area contributed by atoms with Crippen molar-refractivity contribution >= 4 is 40.2 Å². The van der Waals surface area contributed by atoms with Crippen molar-refractivity contribution in [2.75, 3.05) is 12.4 Å². The van der Waals surface area contributed by atoms with Gasteiger partial charge in [0, 0.05) is 6.07 Å². The van der Waals surface area contributed by atoms with E-state index in [1.807, 2.05) is 18.2 Å². The van der Waals surface area contributed by atoms with Crippen LogP contribution in [-0.4, -0.2) is 17.1 Å². The second-order valence-electron chi connectivity index (χ2n) is 3.74. The standard InChI is InChI=1S/C13H12ClN3OS/c1-18-11-6-5-8(7-16-11)17-10-4-2-3-9(14)12(10)13(15)19/h2-7,17H,1H3,(H2,15,19). The van der Waals surface area contributed by atoms with Gasteiger partial charge in [-0.3, -0.25) is 0 Å². The van der Waals surface area contributed by atoms with Crippen molar-refractivity contribution in [3.05, 3.63) is 47.1 Å². The lowest BCUT2D eigenvalue weighted by molar-refractivity contribution is 0.398. The van der Waals surface area contributed by atoms with Crippen LogP contribution in [0.25, 0.3) is 0 Å². The molecule has 1 aromatic heterocycles. The van der Waals surface area contributed by atoms with E-state index < -0.39 is 0 Å². The Hall–Kier alpha value is -1.85. The molecule has 0 fully saturated rings. The maximum atomic E-state index is 6.10. The Morgan fingerprint density at radius 2 is 2.16 bits per heavy atom. The van der Waals surface area contributed by atoms with Crippen molar-refractivity contribution < 1.29 is 4.74 Å². The van der Waals surface area contributed by atoms with E-state index in [9.17, 15) is 0 Å². The number of pyridine rings is 1. The van der Waals surface area contributed by atoms with Crippen molar-refractivity contribution in [1.82, 2.24) is 4.98 Å². The smallest absolute Gasteiger partial charge is 0.213 e. The molecule has 1 aromatic carbocycles. The number of methoxy groups -OCH3 is 1. The van der Waals surface area contributed by atoms with Gasteiger partial charge in [-0.25, -0.2) is 4.98 Å². The molecule has 19 heavy (non-hydrogen) atoms. The summed E-state index contributed by atoms with van der Waals surface area (Å²) in [6.45, 7) is 0. The number of anilines is 2. The monoisotopic (exact) mass is 293 g/mol. The van der Waals surface area contributed by atoms with Crippen LogP contribution in [-0.2, 0) is 0 Å². The maximum absolute atomic E-state index is 6.10. The van der Waals surface area contributed by atoms with Crippen LogP contribution in [0.3, 0.4) is 0 Å². The van der Waals surface area contributed by atoms with E-state index in [4.69, 9.17) is 34.3 Å². The van der Waals surface area contributed by atoms with Gasteiger partial charge >= 0.3 is 0 Å². The maximum Gasteiger partial charge on any atom is 0.213 e. The number of rotatable bonds is 4. The van der Waals surface area contributed by atoms with Gasteiger partial charge in [-0.15, -0.1) is 0 Å². The van der Waals surface area contributed by atoms with Crippen LogP contribution in [0.2, 0.25) is 5.02 Å². The number of thiocarbonyl (C=S) groups is 1. The molecule has 0 bridgehead atoms. The molecule has 0 unspecified atom stereocenters. The lowest BCUT2D eigenvalue weighted by Gasteiger charge is -2.12. The molecule has 0 saturated carbocycles. The average Bonchev–Trinajstić information content (AvgIpc) is 2.39. The Morgan fingerprint density at radius 3 is 2.74 bits per heavy atom. The number of hydrogen-bond acceptors (Lipinski definition) is 4. The molecule has 0 aliphatic heterocycles. The molecular weight excluding hydrogens is 282 g/mol. The van der Waals surface area contributed by atoms with Gasteiger partial charge in [-0.05, 0) is 18.2 Å². The van der Waals surface area contributed by atoms with Gasteiger partial charge in [0.1, 0.15) is 4.99 Å². The lowest BCUT2D eigenvalue weighted by Crippen LogP contribution is -2.12. The van der Waals surface area contributed by atoms with Crippen molar-refractivity contribution in [1.29, 1.82) is 0 Å². The predicted octanol–water partition coefficient (Wildman–Crippen LogP) is 3.12. The van der Waals surface area contributed by atoms with Crippen molar-refractivity contribution in [2.24, 2.45) is 5.73 Å². The summed E-state index contributed by atoms with van der Waals surface area (Å²) in [6, 6.07) is 9.02. The Labute approximate surface area is 121 Å². The fourth-order valence-corrected chi connectivity index (χ4v) is 2.16. The van der Waals surface area contributed by atoms with E-state index in [2.05, 4.69) is 10.3 Å². The van der Waals surface area contributed by atoms with Crippen molar-refractivity contribution in [3.8, 4) is 5.88 Å². The first-order valence-electron chi connectivity index (χ1n) is 5.47. The number of ether oxygens (including phenoxy) is 1. The predicted molar refractivity (Wildman–Crippen MR) is 81.4 cm³/mol. The van der Waals surface area contributed by atoms with E-state index in [1.165, 1.54) is 0 Å². The zero-order valence-corrected chi connectivity index (χ0v) is 11.8. The lowest BCUT2D eigenvalue weighted by atomic mass is 10.1. The van der Waals surface area contributed by atoms with Gasteiger partial charge in [0.15, 0.2) is 0 Å². The number of halogens is 1. The summed E-state index contributed by atoms with van der Waals surface area (Å²) in [5.41, 5.74) is 7.84. The Balaban J connectivity index is 2.32. The van der Waals surface area contributed by atoms with Gasteiger partial charge in [0.2, 0.25) is 5.88 Å². The summed E-state index contributed by atoms with van der Waals surface area (Å²) in [6.07, 6.45) is 1.66. The van der Waals surface area contributed by atoms with Crippen LogP contribution in [0, 0.1) is 0 Å². The highest BCUT2D eigenvalue weighted by Crippen LogP contribution is 2.27. The molecule has 0 aliphatic carbocycles. The number of nitrogens with two attached hydrogens (primary N) is 1. The summed E-state index contributed by atoms with van der Waals surface area (Å²) in [4.78, 5) is 4.35. The Kier molecular flexibility index (Phi) is 4.19. The van der Waals surface area contributed by atoms with E-state index in [1.54, 1.807) is 25.4 Å². The molecule has 0 atom stereocenters. The number of aromatic nitrogens is 1. The van der Waals surface area contributed by atoms with Crippen LogP contribution < -0.4 is 15.8 Å². The fourth-order valence-electron chi connectivity index (χ4n) is 1.61. The van der Waals surface area contributed by atoms with Gasteiger partial charge in [-0.2, -0.15) is 0 Å². The first kappa shape index (κ1) is 13.6. The highest BCUT2D eigenvalue weighted by molar-refractivity contribution is 7.80. The number of nitrogens with zero attached hydrogens (tertiary/aromatic N) is 1. The molecule has 0 amide bonds. The first-order valence-corrected chi connectivity index (χ1v) is 6.26. The molecule has 0 aliphatic rings. The molecule has 2 aromatic rings. The highest BCUT2D eigenvalue weighted by atomic mass is 35.5. The second kappa shape index (κ2) is 5.86. The molecule has 1 heterocycles. The largest absolute Gasteiger partial charge is 0.481 e. The Bertz CT molecular complexity index is 601. The summed E-state index contributed by atoms with van der Waals surface area (Å²) in [5.74, 6) is 0.547. The van der Waals surface area contributed by atoms with E-state index in [-0.39, 0.29) is 4.99 Å². The van der Waals surface area contributed by atoms with Crippen LogP contribution in [0.15, 0.2) is 36.5 Å². The first-order chi connectivity index (χ1) is 9.11. The van der Waals surface area contributed by atoms with Crippen LogP contribution in [0.1, 0.15) is 5.56 Å². The van der Waals surface area contributed by atoms with Gasteiger partial charge in [0.25, 0.3) is 0 Å². The summed E-state index contributed by atoms with van der Waals surface area (Å²) in [5, 5.41) is 3.69. The molecule has 0 radical (unpaired) electrons. The summed E-state index contributed by atoms with van der Waals surface area (Å²) >= 11 is 11.1. The highest BCUT2D eigenvalue weighted by Gasteiger charge is 2.10. The third kappa shape index (κ3) is 3.13. The summed E-state index contributed by atoms with van der Waals surface area (Å²) in [7, 11) is 1.57. The fraction of sp³-hybridized carbons (Fsp3) is 0.0769. The number of nitrogens with one attached hydrogen (secondary N) is 1. The Morgan fingerprint density at radius 1 is 1.37 bits per heavy atom. The second-order valence-corrected chi connectivity index (χ2v) is 4.59. The molecule has 0 spiro atoms. The average molecular weight is 294 g/mol. The van der Waals surface area contributed by atoms with Gasteiger partial charge in [-0.1, -0.05) is 29.9 Å². The van der Waals surface area contributed by atoms with E-state index in [0.29, 0.717) is 16.5 Å². The third-order valence-corrected chi connectivity index (χ3v) is 3.00. The van der Waals surface area contributed by atoms with Crippen molar-refractivity contribution in [2.45, 2.75) is 0 Å². The molecule has 0 saturated heterocycles. The van der Waals surface area contributed by atoms with Crippen molar-refractivity contribution in [3.63, 3.8) is 0 Å². The minimum absolute atomic E-state index is 0.245. The molecule has 6 heteroatoms. The van der Waals surface area contributed by atoms with Gasteiger partial charge in [0.05, 0.1) is 35.3 Å². The van der Waals surface area contributed by atoms with Crippen LogP contribution in [0.4, 0.5) is 11.4 Å². The van der Waals surface area contributed by atoms with Crippen LogP contribution >= 0.6 is 23.8 Å². The molecular formula is C13H12ClN3OS. The molecule has 3 N–H and O–H groups in total. The van der Waals surface area contributed by atoms with Crippen LogP contribution in [0.5, 0.6) is 5.88 Å². The molecule has 4 nitrogen and oxygen atoms in total. The number of hydrogen-bond donors (Lipinski definition) is 2. The minimum atomic E-state index is 0.245. The number of benzene rings is 1. The topological polar surface area (TPSA) is 60.2 Å². The molecule has 98 valence electrons. The quantitative estimate of drug-likeness (QED) is 0.848. The minimum Gasteiger partial charge on any atom is -0.481 e. The normalized spacial score (nSPS) is 10.0. The summed E-state index contributed by atoms with van der Waals surface area (Å²) < 4.78 is 5.00. The van der Waals surface area contributed by atoms with E-state index >= 15 is 0 Å². The zero-order chi connectivity index (χ0) is 13.8. The third-order valence-electron chi connectivity index (χ3n) is 2.48. The zero-order valence-electron chi connectivity index (χ0n) is 10.2. The van der Waals surface area contributed by atoms with Gasteiger partial charge < -0.3 is 15.8 Å². The SMILES string of the molecule is COc1ccc(Nc2cccc(Cl)c2C(N)=S)cn1. The molecule has 2 rings (SSSR count). The van der Waals surface area contributed by atoms with E-state index in [0.717, 1.165) is 11.4 Å².